The number of urea groups is 1. The molecule has 4 N–H and O–H groups in total. The number of primary amides is 1. The van der Waals surface area contributed by atoms with Crippen LogP contribution in [-0.2, 0) is 4.79 Å². The summed E-state index contributed by atoms with van der Waals surface area (Å²) in [6.45, 7) is 2.06. The molecule has 3 amide bonds. The van der Waals surface area contributed by atoms with Crippen LogP contribution in [0.3, 0.4) is 0 Å². The van der Waals surface area contributed by atoms with Crippen molar-refractivity contribution in [2.24, 2.45) is 5.73 Å². The average molecular weight is 452 g/mol. The molecule has 4 rings (SSSR count). The van der Waals surface area contributed by atoms with Crippen molar-refractivity contribution in [2.75, 3.05) is 23.3 Å². The van der Waals surface area contributed by atoms with Gasteiger partial charge >= 0.3 is 6.03 Å². The Morgan fingerprint density at radius 2 is 1.84 bits per heavy atom. The van der Waals surface area contributed by atoms with E-state index in [0.717, 1.165) is 29.5 Å². The zero-order valence-electron chi connectivity index (χ0n) is 17.7. The summed E-state index contributed by atoms with van der Waals surface area (Å²) >= 11 is 6.28. The number of rotatable bonds is 6. The van der Waals surface area contributed by atoms with Crippen LogP contribution in [0.2, 0.25) is 5.02 Å². The van der Waals surface area contributed by atoms with Gasteiger partial charge in [-0.2, -0.15) is 0 Å². The smallest absolute Gasteiger partial charge is 0.312 e. The Morgan fingerprint density at radius 1 is 1.06 bits per heavy atom. The SMILES string of the molecule is NC(=O)N[C@@H](CC(=O)Nc1ccc(N2CCCCC2)c2ccncc12)c1ccccc1Cl. The highest BCUT2D eigenvalue weighted by Crippen LogP contribution is 2.34. The highest BCUT2D eigenvalue weighted by molar-refractivity contribution is 6.31. The third-order valence-corrected chi connectivity index (χ3v) is 6.10. The van der Waals surface area contributed by atoms with Gasteiger partial charge in [0.1, 0.15) is 0 Å². The number of anilines is 2. The van der Waals surface area contributed by atoms with E-state index in [4.69, 9.17) is 17.3 Å². The summed E-state index contributed by atoms with van der Waals surface area (Å²) in [5, 5.41) is 7.98. The standard InChI is InChI=1S/C24H26ClN5O2/c25-19-7-3-2-6-17(19)21(29-24(26)32)14-23(31)28-20-8-9-22(30-12-4-1-5-13-30)16-10-11-27-15-18(16)20/h2-3,6-11,15,21H,1,4-5,12-14H2,(H,28,31)(H3,26,29,32)/t21-/m0/s1. The van der Waals surface area contributed by atoms with Crippen molar-refractivity contribution in [1.29, 1.82) is 0 Å². The van der Waals surface area contributed by atoms with Gasteiger partial charge in [0, 0.05) is 47.0 Å². The molecule has 0 unspecified atom stereocenters. The molecule has 0 saturated carbocycles. The molecule has 32 heavy (non-hydrogen) atoms. The van der Waals surface area contributed by atoms with Crippen LogP contribution in [0.5, 0.6) is 0 Å². The summed E-state index contributed by atoms with van der Waals surface area (Å²) in [6, 6.07) is 11.7. The van der Waals surface area contributed by atoms with Gasteiger partial charge in [-0.1, -0.05) is 29.8 Å². The first-order chi connectivity index (χ1) is 15.5. The highest BCUT2D eigenvalue weighted by atomic mass is 35.5. The van der Waals surface area contributed by atoms with Crippen molar-refractivity contribution in [3.63, 3.8) is 0 Å². The second-order valence-electron chi connectivity index (χ2n) is 7.94. The number of halogens is 1. The minimum absolute atomic E-state index is 0.0116. The van der Waals surface area contributed by atoms with Gasteiger partial charge in [-0.05, 0) is 49.1 Å². The van der Waals surface area contributed by atoms with Crippen LogP contribution in [0.25, 0.3) is 10.8 Å². The molecule has 3 aromatic rings. The van der Waals surface area contributed by atoms with E-state index in [1.165, 1.54) is 19.3 Å². The number of carbonyl (C=O) groups excluding carboxylic acids is 2. The molecular weight excluding hydrogens is 426 g/mol. The van der Waals surface area contributed by atoms with Gasteiger partial charge in [0.15, 0.2) is 0 Å². The van der Waals surface area contributed by atoms with E-state index < -0.39 is 12.1 Å². The quantitative estimate of drug-likeness (QED) is 0.509. The Hall–Kier alpha value is -3.32. The molecule has 0 radical (unpaired) electrons. The third-order valence-electron chi connectivity index (χ3n) is 5.75. The van der Waals surface area contributed by atoms with E-state index in [0.29, 0.717) is 16.3 Å². The van der Waals surface area contributed by atoms with E-state index in [1.54, 1.807) is 36.7 Å². The normalized spacial score (nSPS) is 14.7. The molecule has 2 heterocycles. The van der Waals surface area contributed by atoms with Gasteiger partial charge < -0.3 is 21.3 Å². The topological polar surface area (TPSA) is 100 Å². The fourth-order valence-electron chi connectivity index (χ4n) is 4.25. The molecule has 1 fully saturated rings. The van der Waals surface area contributed by atoms with Gasteiger partial charge in [0.25, 0.3) is 0 Å². The summed E-state index contributed by atoms with van der Waals surface area (Å²) in [6.07, 6.45) is 7.15. The lowest BCUT2D eigenvalue weighted by molar-refractivity contribution is -0.116. The number of nitrogens with zero attached hydrogens (tertiary/aromatic N) is 2. The van der Waals surface area contributed by atoms with Gasteiger partial charge in [0.05, 0.1) is 18.2 Å². The van der Waals surface area contributed by atoms with Crippen molar-refractivity contribution < 1.29 is 9.59 Å². The number of nitrogens with one attached hydrogen (secondary N) is 2. The van der Waals surface area contributed by atoms with Crippen LogP contribution in [0, 0.1) is 0 Å². The van der Waals surface area contributed by atoms with E-state index >= 15 is 0 Å². The Kier molecular flexibility index (Phi) is 6.75. The molecule has 166 valence electrons. The van der Waals surface area contributed by atoms with Crippen molar-refractivity contribution >= 4 is 45.7 Å². The summed E-state index contributed by atoms with van der Waals surface area (Å²) < 4.78 is 0. The molecule has 8 heteroatoms. The Balaban J connectivity index is 1.58. The van der Waals surface area contributed by atoms with Crippen LogP contribution >= 0.6 is 11.6 Å². The third kappa shape index (κ3) is 4.94. The zero-order chi connectivity index (χ0) is 22.5. The van der Waals surface area contributed by atoms with Crippen molar-refractivity contribution in [3.8, 4) is 0 Å². The number of amides is 3. The number of nitrogens with two attached hydrogens (primary N) is 1. The Morgan fingerprint density at radius 3 is 2.59 bits per heavy atom. The minimum Gasteiger partial charge on any atom is -0.371 e. The average Bonchev–Trinajstić information content (AvgIpc) is 2.79. The monoisotopic (exact) mass is 451 g/mol. The predicted molar refractivity (Wildman–Crippen MR) is 128 cm³/mol. The number of benzene rings is 2. The van der Waals surface area contributed by atoms with E-state index in [2.05, 4.69) is 26.6 Å². The molecule has 1 saturated heterocycles. The summed E-state index contributed by atoms with van der Waals surface area (Å²) in [7, 11) is 0. The second-order valence-corrected chi connectivity index (χ2v) is 8.34. The summed E-state index contributed by atoms with van der Waals surface area (Å²) in [5.41, 5.74) is 7.80. The maximum Gasteiger partial charge on any atom is 0.312 e. The number of aromatic nitrogens is 1. The maximum absolute atomic E-state index is 12.9. The van der Waals surface area contributed by atoms with Gasteiger partial charge in [-0.15, -0.1) is 0 Å². The lowest BCUT2D eigenvalue weighted by atomic mass is 10.0. The molecular formula is C24H26ClN5O2. The molecule has 1 aliphatic rings. The number of pyridine rings is 1. The van der Waals surface area contributed by atoms with Gasteiger partial charge in [-0.3, -0.25) is 9.78 Å². The molecule has 0 spiro atoms. The molecule has 1 aliphatic heterocycles. The molecule has 2 aromatic carbocycles. The first-order valence-corrected chi connectivity index (χ1v) is 11.1. The number of carbonyl (C=O) groups is 2. The predicted octanol–water partition coefficient (Wildman–Crippen LogP) is 4.62. The van der Waals surface area contributed by atoms with E-state index in [9.17, 15) is 9.59 Å². The van der Waals surface area contributed by atoms with Crippen molar-refractivity contribution in [3.05, 3.63) is 65.4 Å². The fourth-order valence-corrected chi connectivity index (χ4v) is 4.52. The lowest BCUT2D eigenvalue weighted by Gasteiger charge is -2.30. The van der Waals surface area contributed by atoms with E-state index in [1.807, 2.05) is 12.1 Å². The lowest BCUT2D eigenvalue weighted by Crippen LogP contribution is -2.35. The first-order valence-electron chi connectivity index (χ1n) is 10.7. The Bertz CT molecular complexity index is 1130. The fraction of sp³-hybridized carbons (Fsp3) is 0.292. The molecule has 7 nitrogen and oxygen atoms in total. The largest absolute Gasteiger partial charge is 0.371 e. The van der Waals surface area contributed by atoms with Crippen LogP contribution in [0.4, 0.5) is 16.2 Å². The Labute approximate surface area is 191 Å². The second kappa shape index (κ2) is 9.87. The minimum atomic E-state index is -0.719. The summed E-state index contributed by atoms with van der Waals surface area (Å²) in [5.74, 6) is -0.264. The first kappa shape index (κ1) is 21.9. The summed E-state index contributed by atoms with van der Waals surface area (Å²) in [4.78, 5) is 31.1. The molecule has 1 atom stereocenters. The van der Waals surface area contributed by atoms with Crippen LogP contribution in [0.15, 0.2) is 54.9 Å². The molecule has 0 aliphatic carbocycles. The van der Waals surface area contributed by atoms with Crippen LogP contribution in [-0.4, -0.2) is 30.0 Å². The maximum atomic E-state index is 12.9. The highest BCUT2D eigenvalue weighted by Gasteiger charge is 2.21. The van der Waals surface area contributed by atoms with Gasteiger partial charge in [0.2, 0.25) is 5.91 Å². The number of hydrogen-bond acceptors (Lipinski definition) is 4. The van der Waals surface area contributed by atoms with Crippen molar-refractivity contribution in [2.45, 2.75) is 31.7 Å². The van der Waals surface area contributed by atoms with Gasteiger partial charge in [-0.25, -0.2) is 4.79 Å². The number of hydrogen-bond donors (Lipinski definition) is 3. The van der Waals surface area contributed by atoms with Crippen LogP contribution in [0.1, 0.15) is 37.3 Å². The van der Waals surface area contributed by atoms with Crippen molar-refractivity contribution in [1.82, 2.24) is 10.3 Å². The van der Waals surface area contributed by atoms with E-state index in [-0.39, 0.29) is 12.3 Å². The zero-order valence-corrected chi connectivity index (χ0v) is 18.4. The number of piperidine rings is 1. The number of fused-ring (bicyclic) bond motifs is 1. The molecule has 1 aromatic heterocycles. The molecule has 0 bridgehead atoms. The van der Waals surface area contributed by atoms with Crippen LogP contribution < -0.4 is 21.3 Å².